The van der Waals surface area contributed by atoms with Gasteiger partial charge in [-0.15, -0.1) is 0 Å². The molecule has 0 saturated carbocycles. The van der Waals surface area contributed by atoms with E-state index in [9.17, 15) is 27.9 Å². The number of carboxylic acids is 1. The van der Waals surface area contributed by atoms with Crippen molar-refractivity contribution in [2.24, 2.45) is 0 Å². The van der Waals surface area contributed by atoms with Gasteiger partial charge in [0, 0.05) is 18.1 Å². The zero-order valence-electron chi connectivity index (χ0n) is 21.2. The number of benzene rings is 4. The van der Waals surface area contributed by atoms with Gasteiger partial charge in [-0.25, -0.2) is 4.79 Å². The maximum atomic E-state index is 13.7. The molecule has 0 aromatic heterocycles. The zero-order valence-corrected chi connectivity index (χ0v) is 22.0. The molecule has 0 fully saturated rings. The van der Waals surface area contributed by atoms with E-state index in [4.69, 9.17) is 16.3 Å². The van der Waals surface area contributed by atoms with E-state index < -0.39 is 29.2 Å². The summed E-state index contributed by atoms with van der Waals surface area (Å²) in [6, 6.07) is 24.9. The molecule has 206 valence electrons. The molecule has 0 bridgehead atoms. The van der Waals surface area contributed by atoms with Crippen molar-refractivity contribution in [3.05, 3.63) is 130 Å². The Balaban J connectivity index is 1.54. The van der Waals surface area contributed by atoms with Crippen molar-refractivity contribution in [3.8, 4) is 11.5 Å². The third-order valence-electron chi connectivity index (χ3n) is 6.17. The number of nitrogens with zero attached hydrogens (tertiary/aromatic N) is 1. The van der Waals surface area contributed by atoms with Crippen molar-refractivity contribution in [2.75, 3.05) is 6.54 Å². The van der Waals surface area contributed by atoms with Crippen molar-refractivity contribution in [1.29, 1.82) is 0 Å². The van der Waals surface area contributed by atoms with Crippen LogP contribution in [0, 0.1) is 0 Å². The predicted octanol–water partition coefficient (Wildman–Crippen LogP) is 8.12. The average Bonchev–Trinajstić information content (AvgIpc) is 2.93. The topological polar surface area (TPSA) is 66.8 Å². The number of rotatable bonds is 10. The maximum absolute atomic E-state index is 13.7. The van der Waals surface area contributed by atoms with Crippen LogP contribution in [0.25, 0.3) is 0 Å². The van der Waals surface area contributed by atoms with Gasteiger partial charge < -0.3 is 14.7 Å². The summed E-state index contributed by atoms with van der Waals surface area (Å²) in [5.74, 6) is -1.31. The summed E-state index contributed by atoms with van der Waals surface area (Å²) in [5.41, 5.74) is 0.230. The number of halogens is 4. The number of ether oxygens (including phenoxy) is 1. The molecular formula is C31H25ClF3NO4. The molecule has 4 rings (SSSR count). The zero-order chi connectivity index (χ0) is 28.7. The molecule has 4 aromatic carbocycles. The standard InChI is InChI=1S/C31H25ClF3NO4/c32-23-9-5-7-21(19-23)8-6-18-36(29(37)25-10-1-3-12-27(25)31(33,34)35)20-22-14-16-24(17-15-22)40-28-13-4-2-11-26(28)30(38)39/h1-5,7,9-17,19H,6,8,18,20H2,(H,38,39). The second-order valence-electron chi connectivity index (χ2n) is 9.05. The first-order chi connectivity index (χ1) is 19.1. The molecule has 1 N–H and O–H groups in total. The highest BCUT2D eigenvalue weighted by Crippen LogP contribution is 2.33. The van der Waals surface area contributed by atoms with Crippen LogP contribution in [-0.2, 0) is 19.1 Å². The first kappa shape index (κ1) is 28.7. The van der Waals surface area contributed by atoms with Gasteiger partial charge in [-0.05, 0) is 72.5 Å². The van der Waals surface area contributed by atoms with Gasteiger partial charge >= 0.3 is 12.1 Å². The first-order valence-corrected chi connectivity index (χ1v) is 12.8. The van der Waals surface area contributed by atoms with Crippen molar-refractivity contribution in [2.45, 2.75) is 25.6 Å². The normalized spacial score (nSPS) is 11.2. The Labute approximate surface area is 234 Å². The van der Waals surface area contributed by atoms with Crippen LogP contribution in [0.5, 0.6) is 11.5 Å². The maximum Gasteiger partial charge on any atom is 0.417 e. The van der Waals surface area contributed by atoms with Crippen LogP contribution < -0.4 is 4.74 Å². The molecule has 0 aliphatic rings. The Kier molecular flexibility index (Phi) is 9.11. The number of alkyl halides is 3. The molecule has 1 amide bonds. The van der Waals surface area contributed by atoms with E-state index in [1.807, 2.05) is 18.2 Å². The molecule has 0 radical (unpaired) electrons. The highest BCUT2D eigenvalue weighted by Gasteiger charge is 2.35. The average molecular weight is 568 g/mol. The van der Waals surface area contributed by atoms with Crippen LogP contribution in [0.1, 0.15) is 43.8 Å². The van der Waals surface area contributed by atoms with Crippen LogP contribution in [0.3, 0.4) is 0 Å². The number of amides is 1. The van der Waals surface area contributed by atoms with E-state index in [1.54, 1.807) is 42.5 Å². The van der Waals surface area contributed by atoms with Crippen LogP contribution in [0.15, 0.2) is 97.1 Å². The summed E-state index contributed by atoms with van der Waals surface area (Å²) >= 11 is 6.06. The second-order valence-corrected chi connectivity index (χ2v) is 9.49. The summed E-state index contributed by atoms with van der Waals surface area (Å²) < 4.78 is 46.8. The summed E-state index contributed by atoms with van der Waals surface area (Å²) in [6.45, 7) is 0.272. The van der Waals surface area contributed by atoms with Gasteiger partial charge in [0.15, 0.2) is 0 Å². The van der Waals surface area contributed by atoms with Gasteiger partial charge in [-0.2, -0.15) is 13.2 Å². The van der Waals surface area contributed by atoms with Gasteiger partial charge in [0.1, 0.15) is 17.1 Å². The van der Waals surface area contributed by atoms with E-state index in [1.165, 1.54) is 35.2 Å². The van der Waals surface area contributed by atoms with E-state index in [0.717, 1.165) is 11.6 Å². The Bertz CT molecular complexity index is 1490. The summed E-state index contributed by atoms with van der Waals surface area (Å²) in [7, 11) is 0. The number of carbonyl (C=O) groups is 2. The molecule has 5 nitrogen and oxygen atoms in total. The lowest BCUT2D eigenvalue weighted by molar-refractivity contribution is -0.138. The highest BCUT2D eigenvalue weighted by atomic mass is 35.5. The fraction of sp³-hybridized carbons (Fsp3) is 0.161. The number of hydrogen-bond acceptors (Lipinski definition) is 3. The third kappa shape index (κ3) is 7.42. The number of aromatic carboxylic acids is 1. The molecule has 0 heterocycles. The van der Waals surface area contributed by atoms with Crippen molar-refractivity contribution >= 4 is 23.5 Å². The SMILES string of the molecule is O=C(O)c1ccccc1Oc1ccc(CN(CCCc2cccc(Cl)c2)C(=O)c2ccccc2C(F)(F)F)cc1. The van der Waals surface area contributed by atoms with Crippen molar-refractivity contribution < 1.29 is 32.6 Å². The van der Waals surface area contributed by atoms with Gasteiger partial charge in [0.25, 0.3) is 5.91 Å². The smallest absolute Gasteiger partial charge is 0.417 e. The molecule has 0 atom stereocenters. The summed E-state index contributed by atoms with van der Waals surface area (Å²) in [5, 5.41) is 9.95. The quantitative estimate of drug-likeness (QED) is 0.210. The number of para-hydroxylation sites is 1. The Morgan fingerprint density at radius 1 is 0.825 bits per heavy atom. The van der Waals surface area contributed by atoms with Gasteiger partial charge in [-0.1, -0.05) is 60.1 Å². The minimum atomic E-state index is -4.68. The lowest BCUT2D eigenvalue weighted by atomic mass is 10.0. The molecule has 0 spiro atoms. The molecular weight excluding hydrogens is 543 g/mol. The Hall–Kier alpha value is -4.30. The van der Waals surface area contributed by atoms with Crippen molar-refractivity contribution in [1.82, 2.24) is 4.90 Å². The lowest BCUT2D eigenvalue weighted by Gasteiger charge is -2.25. The van der Waals surface area contributed by atoms with Gasteiger partial charge in [0.05, 0.1) is 11.1 Å². The molecule has 0 aliphatic carbocycles. The predicted molar refractivity (Wildman–Crippen MR) is 146 cm³/mol. The monoisotopic (exact) mass is 567 g/mol. The van der Waals surface area contributed by atoms with Crippen LogP contribution in [0.4, 0.5) is 13.2 Å². The third-order valence-corrected chi connectivity index (χ3v) is 6.41. The number of carbonyl (C=O) groups excluding carboxylic acids is 1. The first-order valence-electron chi connectivity index (χ1n) is 12.4. The van der Waals surface area contributed by atoms with Crippen molar-refractivity contribution in [3.63, 3.8) is 0 Å². The molecule has 40 heavy (non-hydrogen) atoms. The fourth-order valence-electron chi connectivity index (χ4n) is 4.25. The highest BCUT2D eigenvalue weighted by molar-refractivity contribution is 6.30. The number of hydrogen-bond donors (Lipinski definition) is 1. The minimum Gasteiger partial charge on any atom is -0.478 e. The summed E-state index contributed by atoms with van der Waals surface area (Å²) in [4.78, 5) is 26.3. The van der Waals surface area contributed by atoms with Crippen LogP contribution in [0.2, 0.25) is 5.02 Å². The second kappa shape index (κ2) is 12.7. The van der Waals surface area contributed by atoms with E-state index >= 15 is 0 Å². The summed E-state index contributed by atoms with van der Waals surface area (Å²) in [6.07, 6.45) is -3.58. The van der Waals surface area contributed by atoms with Gasteiger partial charge in [0.2, 0.25) is 0 Å². The number of aryl methyl sites for hydroxylation is 1. The van der Waals surface area contributed by atoms with E-state index in [0.29, 0.717) is 29.2 Å². The molecule has 4 aromatic rings. The van der Waals surface area contributed by atoms with E-state index in [-0.39, 0.29) is 24.4 Å². The minimum absolute atomic E-state index is 0.00591. The van der Waals surface area contributed by atoms with Crippen LogP contribution in [-0.4, -0.2) is 28.4 Å². The Morgan fingerprint density at radius 2 is 1.50 bits per heavy atom. The molecule has 0 saturated heterocycles. The number of carboxylic acid groups (broad SMARTS) is 1. The Morgan fingerprint density at radius 3 is 2.17 bits per heavy atom. The van der Waals surface area contributed by atoms with E-state index in [2.05, 4.69) is 0 Å². The lowest BCUT2D eigenvalue weighted by Crippen LogP contribution is -2.33. The molecule has 9 heteroatoms. The molecule has 0 aliphatic heterocycles. The van der Waals surface area contributed by atoms with Gasteiger partial charge in [-0.3, -0.25) is 4.79 Å². The van der Waals surface area contributed by atoms with Crippen LogP contribution >= 0.6 is 11.6 Å². The molecule has 0 unspecified atom stereocenters. The largest absolute Gasteiger partial charge is 0.478 e. The fourth-order valence-corrected chi connectivity index (χ4v) is 4.46.